The Kier molecular flexibility index (Phi) is 7.16. The SMILES string of the molecule is CCOP(=O)(OCC)/C(C)=C(/C)N[C@@H](C)c1ccccc1. The number of nitrogens with one attached hydrogen (secondary N) is 1. The van der Waals surface area contributed by atoms with Crippen molar-refractivity contribution < 1.29 is 13.6 Å². The molecular formula is C16H26NO3P. The van der Waals surface area contributed by atoms with Crippen LogP contribution in [0, 0.1) is 0 Å². The summed E-state index contributed by atoms with van der Waals surface area (Å²) in [6, 6.07) is 10.2. The van der Waals surface area contributed by atoms with E-state index in [1.54, 1.807) is 6.92 Å². The van der Waals surface area contributed by atoms with Crippen LogP contribution in [-0.4, -0.2) is 13.2 Å². The van der Waals surface area contributed by atoms with E-state index >= 15 is 0 Å². The Labute approximate surface area is 128 Å². The maximum atomic E-state index is 12.7. The molecule has 1 aromatic carbocycles. The number of allylic oxidation sites excluding steroid dienone is 2. The van der Waals surface area contributed by atoms with Gasteiger partial charge in [-0.05, 0) is 40.2 Å². The summed E-state index contributed by atoms with van der Waals surface area (Å²) < 4.78 is 23.5. The number of benzene rings is 1. The molecule has 0 fully saturated rings. The van der Waals surface area contributed by atoms with Gasteiger partial charge in [0.1, 0.15) is 0 Å². The number of rotatable bonds is 8. The second-order valence-corrected chi connectivity index (χ2v) is 7.00. The lowest BCUT2D eigenvalue weighted by molar-refractivity contribution is 0.226. The van der Waals surface area contributed by atoms with E-state index < -0.39 is 7.60 Å². The van der Waals surface area contributed by atoms with Gasteiger partial charge in [-0.15, -0.1) is 0 Å². The Bertz CT molecular complexity index is 504. The average Bonchev–Trinajstić information content (AvgIpc) is 2.47. The molecule has 1 rings (SSSR count). The lowest BCUT2D eigenvalue weighted by Gasteiger charge is -2.22. The van der Waals surface area contributed by atoms with Crippen LogP contribution in [0.15, 0.2) is 41.3 Å². The fourth-order valence-electron chi connectivity index (χ4n) is 2.03. The standard InChI is InChI=1S/C16H26NO3P/c1-6-19-21(18,20-7-2)15(5)13(3)17-14(4)16-11-9-8-10-12-16/h8-12,14,17H,6-7H2,1-5H3/b15-13-/t14-/m0/s1. The fourth-order valence-corrected chi connectivity index (χ4v) is 3.65. The van der Waals surface area contributed by atoms with Crippen LogP contribution in [0.2, 0.25) is 0 Å². The maximum absolute atomic E-state index is 12.7. The lowest BCUT2D eigenvalue weighted by atomic mass is 10.1. The lowest BCUT2D eigenvalue weighted by Crippen LogP contribution is -2.18. The topological polar surface area (TPSA) is 47.6 Å². The van der Waals surface area contributed by atoms with Crippen molar-refractivity contribution in [3.63, 3.8) is 0 Å². The number of hydrogen-bond donors (Lipinski definition) is 1. The minimum absolute atomic E-state index is 0.123. The third-order valence-electron chi connectivity index (χ3n) is 3.28. The minimum Gasteiger partial charge on any atom is -0.382 e. The highest BCUT2D eigenvalue weighted by atomic mass is 31.2. The third-order valence-corrected chi connectivity index (χ3v) is 5.64. The molecule has 0 saturated heterocycles. The molecule has 1 N–H and O–H groups in total. The van der Waals surface area contributed by atoms with Crippen molar-refractivity contribution in [2.24, 2.45) is 0 Å². The molecule has 0 radical (unpaired) electrons. The van der Waals surface area contributed by atoms with E-state index in [9.17, 15) is 4.57 Å². The predicted octanol–water partition coefficient (Wildman–Crippen LogP) is 4.85. The zero-order valence-electron chi connectivity index (χ0n) is 13.6. The molecule has 1 aromatic rings. The molecule has 5 heteroatoms. The fraction of sp³-hybridized carbons (Fsp3) is 0.500. The van der Waals surface area contributed by atoms with E-state index in [0.717, 1.165) is 5.70 Å². The number of hydrogen-bond acceptors (Lipinski definition) is 4. The van der Waals surface area contributed by atoms with Gasteiger partial charge >= 0.3 is 7.60 Å². The van der Waals surface area contributed by atoms with Crippen molar-refractivity contribution in [3.05, 3.63) is 46.9 Å². The van der Waals surface area contributed by atoms with Gasteiger partial charge in [-0.1, -0.05) is 30.3 Å². The zero-order valence-corrected chi connectivity index (χ0v) is 14.4. The van der Waals surface area contributed by atoms with Crippen LogP contribution >= 0.6 is 7.60 Å². The first-order chi connectivity index (χ1) is 9.94. The van der Waals surface area contributed by atoms with E-state index in [-0.39, 0.29) is 6.04 Å². The van der Waals surface area contributed by atoms with Crippen LogP contribution in [-0.2, 0) is 13.6 Å². The molecule has 0 heterocycles. The van der Waals surface area contributed by atoms with Crippen molar-refractivity contribution >= 4 is 7.60 Å². The highest BCUT2D eigenvalue weighted by Crippen LogP contribution is 2.56. The molecule has 21 heavy (non-hydrogen) atoms. The van der Waals surface area contributed by atoms with Gasteiger partial charge in [0.25, 0.3) is 0 Å². The molecule has 0 aromatic heterocycles. The van der Waals surface area contributed by atoms with E-state index in [4.69, 9.17) is 9.05 Å². The van der Waals surface area contributed by atoms with Gasteiger partial charge in [0.2, 0.25) is 0 Å². The van der Waals surface area contributed by atoms with Gasteiger partial charge in [0.15, 0.2) is 0 Å². The monoisotopic (exact) mass is 311 g/mol. The van der Waals surface area contributed by atoms with E-state index in [1.807, 2.05) is 39.0 Å². The molecule has 0 spiro atoms. The van der Waals surface area contributed by atoms with Crippen molar-refractivity contribution in [2.75, 3.05) is 13.2 Å². The van der Waals surface area contributed by atoms with Crippen LogP contribution in [0.5, 0.6) is 0 Å². The zero-order chi connectivity index (χ0) is 15.9. The maximum Gasteiger partial charge on any atom is 0.358 e. The van der Waals surface area contributed by atoms with Crippen molar-refractivity contribution in [2.45, 2.75) is 40.7 Å². The Balaban J connectivity index is 2.92. The van der Waals surface area contributed by atoms with Crippen LogP contribution in [0.4, 0.5) is 0 Å². The molecule has 0 amide bonds. The van der Waals surface area contributed by atoms with Gasteiger partial charge in [-0.3, -0.25) is 4.57 Å². The molecule has 0 bridgehead atoms. The second-order valence-electron chi connectivity index (χ2n) is 4.82. The quantitative estimate of drug-likeness (QED) is 0.697. The molecular weight excluding hydrogens is 285 g/mol. The largest absolute Gasteiger partial charge is 0.382 e. The van der Waals surface area contributed by atoms with Crippen LogP contribution in [0.25, 0.3) is 0 Å². The summed E-state index contributed by atoms with van der Waals surface area (Å²) in [5, 5.41) is 4.00. The molecule has 118 valence electrons. The molecule has 0 aliphatic rings. The van der Waals surface area contributed by atoms with Crippen LogP contribution in [0.3, 0.4) is 0 Å². The van der Waals surface area contributed by atoms with E-state index in [2.05, 4.69) is 24.4 Å². The third kappa shape index (κ3) is 4.99. The Hall–Kier alpha value is -1.09. The molecule has 4 nitrogen and oxygen atoms in total. The summed E-state index contributed by atoms with van der Waals surface area (Å²) in [4.78, 5) is 0. The first-order valence-electron chi connectivity index (χ1n) is 7.33. The predicted molar refractivity (Wildman–Crippen MR) is 87.2 cm³/mol. The van der Waals surface area contributed by atoms with Crippen LogP contribution in [0.1, 0.15) is 46.2 Å². The smallest absolute Gasteiger partial charge is 0.358 e. The molecule has 0 unspecified atom stereocenters. The summed E-state index contributed by atoms with van der Waals surface area (Å²) in [6.07, 6.45) is 0. The van der Waals surface area contributed by atoms with Crippen LogP contribution < -0.4 is 5.32 Å². The van der Waals surface area contributed by atoms with E-state index in [1.165, 1.54) is 5.56 Å². The summed E-state index contributed by atoms with van der Waals surface area (Å²) in [5.74, 6) is 0. The first-order valence-corrected chi connectivity index (χ1v) is 8.87. The van der Waals surface area contributed by atoms with E-state index in [0.29, 0.717) is 18.5 Å². The molecule has 0 aliphatic heterocycles. The normalized spacial score (nSPS) is 14.5. The van der Waals surface area contributed by atoms with Crippen molar-refractivity contribution in [1.29, 1.82) is 0 Å². The van der Waals surface area contributed by atoms with Crippen molar-refractivity contribution in [3.8, 4) is 0 Å². The second kappa shape index (κ2) is 8.38. The Morgan fingerprint density at radius 3 is 2.14 bits per heavy atom. The van der Waals surface area contributed by atoms with Crippen molar-refractivity contribution in [1.82, 2.24) is 5.32 Å². The Morgan fingerprint density at radius 1 is 1.14 bits per heavy atom. The first kappa shape index (κ1) is 18.0. The Morgan fingerprint density at radius 2 is 1.67 bits per heavy atom. The highest BCUT2D eigenvalue weighted by Gasteiger charge is 2.28. The average molecular weight is 311 g/mol. The molecule has 0 saturated carbocycles. The summed E-state index contributed by atoms with van der Waals surface area (Å²) in [5.41, 5.74) is 2.00. The van der Waals surface area contributed by atoms with Gasteiger partial charge in [0, 0.05) is 11.7 Å². The van der Waals surface area contributed by atoms with Gasteiger partial charge in [-0.2, -0.15) is 0 Å². The molecule has 0 aliphatic carbocycles. The van der Waals surface area contributed by atoms with Gasteiger partial charge < -0.3 is 14.4 Å². The van der Waals surface area contributed by atoms with Gasteiger partial charge in [0.05, 0.1) is 18.5 Å². The minimum atomic E-state index is -3.20. The van der Waals surface area contributed by atoms with Gasteiger partial charge in [-0.25, -0.2) is 0 Å². The summed E-state index contributed by atoms with van der Waals surface area (Å²) >= 11 is 0. The molecule has 1 atom stereocenters. The highest BCUT2D eigenvalue weighted by molar-refractivity contribution is 7.58. The summed E-state index contributed by atoms with van der Waals surface area (Å²) in [7, 11) is -3.20. The summed E-state index contributed by atoms with van der Waals surface area (Å²) in [6.45, 7) is 10.1.